The molecule has 0 atom stereocenters. The van der Waals surface area contributed by atoms with Crippen molar-refractivity contribution >= 4 is 28.8 Å². The Kier molecular flexibility index (Phi) is 4.42. The van der Waals surface area contributed by atoms with Crippen molar-refractivity contribution in [2.24, 2.45) is 0 Å². The van der Waals surface area contributed by atoms with Crippen molar-refractivity contribution in [1.82, 2.24) is 9.88 Å². The number of hydrogen-bond donors (Lipinski definition) is 0. The minimum absolute atomic E-state index is 0.219. The number of fused-ring (bicyclic) bond motifs is 2. The van der Waals surface area contributed by atoms with E-state index >= 15 is 0 Å². The second-order valence-electron chi connectivity index (χ2n) is 6.26. The molecule has 4 rings (SSSR count). The standard InChI is InChI=1S/C22H18N2O3/c1-27-19-11-6-10-16-15(12-13-23-20(16)19)7-4-5-14-24-21(25)17-8-2-3-9-18(17)22(24)26/h2-4,6-13H,5,14H2,1H3/b7-4+. The first-order chi connectivity index (χ1) is 13.2. The van der Waals surface area contributed by atoms with Gasteiger partial charge in [0.2, 0.25) is 0 Å². The van der Waals surface area contributed by atoms with Gasteiger partial charge in [-0.15, -0.1) is 0 Å². The minimum atomic E-state index is -0.219. The van der Waals surface area contributed by atoms with Crippen LogP contribution in [0.5, 0.6) is 5.75 Å². The maximum atomic E-state index is 12.4. The van der Waals surface area contributed by atoms with Gasteiger partial charge in [0.1, 0.15) is 11.3 Å². The molecule has 1 aromatic heterocycles. The van der Waals surface area contributed by atoms with Crippen LogP contribution in [0, 0.1) is 0 Å². The summed E-state index contributed by atoms with van der Waals surface area (Å²) in [6, 6.07) is 14.7. The summed E-state index contributed by atoms with van der Waals surface area (Å²) in [6.07, 6.45) is 6.29. The molecule has 0 spiro atoms. The van der Waals surface area contributed by atoms with Gasteiger partial charge >= 0.3 is 0 Å². The number of benzene rings is 2. The fourth-order valence-corrected chi connectivity index (χ4v) is 3.34. The lowest BCUT2D eigenvalue weighted by atomic mass is 10.1. The number of amides is 2. The van der Waals surface area contributed by atoms with Gasteiger partial charge in [-0.05, 0) is 36.2 Å². The molecule has 0 aliphatic carbocycles. The van der Waals surface area contributed by atoms with E-state index in [9.17, 15) is 9.59 Å². The number of para-hydroxylation sites is 1. The molecule has 1 aliphatic heterocycles. The molecule has 134 valence electrons. The van der Waals surface area contributed by atoms with E-state index in [1.165, 1.54) is 4.90 Å². The monoisotopic (exact) mass is 358 g/mol. The number of carbonyl (C=O) groups excluding carboxylic acids is 2. The van der Waals surface area contributed by atoms with Crippen LogP contribution in [0.3, 0.4) is 0 Å². The van der Waals surface area contributed by atoms with Crippen molar-refractivity contribution in [2.75, 3.05) is 13.7 Å². The molecule has 0 bridgehead atoms. The Hall–Kier alpha value is -3.47. The van der Waals surface area contributed by atoms with Crippen LogP contribution in [0.1, 0.15) is 32.7 Å². The number of pyridine rings is 1. The van der Waals surface area contributed by atoms with Crippen molar-refractivity contribution in [3.8, 4) is 5.75 Å². The molecule has 0 saturated carbocycles. The molecular weight excluding hydrogens is 340 g/mol. The Labute approximate surface area is 156 Å². The molecule has 0 N–H and O–H groups in total. The van der Waals surface area contributed by atoms with E-state index in [1.54, 1.807) is 37.6 Å². The Balaban J connectivity index is 1.49. The molecule has 1 aliphatic rings. The number of rotatable bonds is 5. The number of ether oxygens (including phenoxy) is 1. The topological polar surface area (TPSA) is 59.5 Å². The van der Waals surface area contributed by atoms with E-state index in [0.717, 1.165) is 22.2 Å². The van der Waals surface area contributed by atoms with Crippen molar-refractivity contribution in [2.45, 2.75) is 6.42 Å². The average molecular weight is 358 g/mol. The van der Waals surface area contributed by atoms with Gasteiger partial charge in [-0.25, -0.2) is 0 Å². The van der Waals surface area contributed by atoms with Gasteiger partial charge in [-0.3, -0.25) is 19.5 Å². The summed E-state index contributed by atoms with van der Waals surface area (Å²) in [7, 11) is 1.63. The third-order valence-corrected chi connectivity index (χ3v) is 4.68. The smallest absolute Gasteiger partial charge is 0.261 e. The predicted octanol–water partition coefficient (Wildman–Crippen LogP) is 3.94. The third-order valence-electron chi connectivity index (χ3n) is 4.68. The van der Waals surface area contributed by atoms with Crippen LogP contribution in [0.25, 0.3) is 17.0 Å². The fraction of sp³-hybridized carbons (Fsp3) is 0.136. The molecule has 27 heavy (non-hydrogen) atoms. The lowest BCUT2D eigenvalue weighted by Gasteiger charge is -2.12. The largest absolute Gasteiger partial charge is 0.494 e. The first kappa shape index (κ1) is 17.0. The maximum Gasteiger partial charge on any atom is 0.261 e. The molecule has 2 heterocycles. The zero-order valence-electron chi connectivity index (χ0n) is 14.9. The van der Waals surface area contributed by atoms with Gasteiger partial charge in [0.05, 0.1) is 18.2 Å². The fourth-order valence-electron chi connectivity index (χ4n) is 3.34. The van der Waals surface area contributed by atoms with Crippen LogP contribution < -0.4 is 4.74 Å². The predicted molar refractivity (Wildman–Crippen MR) is 104 cm³/mol. The van der Waals surface area contributed by atoms with E-state index in [-0.39, 0.29) is 11.8 Å². The number of methoxy groups -OCH3 is 1. The van der Waals surface area contributed by atoms with E-state index in [1.807, 2.05) is 36.4 Å². The number of aromatic nitrogens is 1. The van der Waals surface area contributed by atoms with Gasteiger partial charge in [0.25, 0.3) is 11.8 Å². The van der Waals surface area contributed by atoms with Crippen LogP contribution in [0.15, 0.2) is 60.8 Å². The van der Waals surface area contributed by atoms with Crippen molar-refractivity contribution in [3.63, 3.8) is 0 Å². The highest BCUT2D eigenvalue weighted by Crippen LogP contribution is 2.26. The second-order valence-corrected chi connectivity index (χ2v) is 6.26. The summed E-state index contributed by atoms with van der Waals surface area (Å²) >= 11 is 0. The molecule has 2 amide bonds. The second kappa shape index (κ2) is 7.03. The van der Waals surface area contributed by atoms with Crippen LogP contribution in [0.4, 0.5) is 0 Å². The molecule has 5 nitrogen and oxygen atoms in total. The van der Waals surface area contributed by atoms with Crippen LogP contribution in [0.2, 0.25) is 0 Å². The summed E-state index contributed by atoms with van der Waals surface area (Å²) in [5.41, 5.74) is 2.79. The summed E-state index contributed by atoms with van der Waals surface area (Å²) < 4.78 is 5.36. The van der Waals surface area contributed by atoms with Crippen molar-refractivity contribution in [3.05, 3.63) is 77.5 Å². The normalized spacial score (nSPS) is 13.6. The average Bonchev–Trinajstić information content (AvgIpc) is 2.95. The zero-order valence-corrected chi connectivity index (χ0v) is 14.9. The van der Waals surface area contributed by atoms with Gasteiger partial charge in [0.15, 0.2) is 0 Å². The number of carbonyl (C=O) groups is 2. The van der Waals surface area contributed by atoms with E-state index in [0.29, 0.717) is 24.1 Å². The molecule has 0 saturated heterocycles. The van der Waals surface area contributed by atoms with E-state index in [4.69, 9.17) is 4.74 Å². The summed E-state index contributed by atoms with van der Waals surface area (Å²) in [6.45, 7) is 0.356. The van der Waals surface area contributed by atoms with Crippen LogP contribution in [-0.2, 0) is 0 Å². The third kappa shape index (κ3) is 2.97. The SMILES string of the molecule is COc1cccc2c(/C=C/CCN3C(=O)c4ccccc4C3=O)ccnc12. The van der Waals surface area contributed by atoms with Gasteiger partial charge in [-0.1, -0.05) is 36.4 Å². The Morgan fingerprint density at radius 2 is 1.74 bits per heavy atom. The number of nitrogens with zero attached hydrogens (tertiary/aromatic N) is 2. The van der Waals surface area contributed by atoms with Crippen LogP contribution in [-0.4, -0.2) is 35.4 Å². The highest BCUT2D eigenvalue weighted by molar-refractivity contribution is 6.21. The molecule has 0 fully saturated rings. The highest BCUT2D eigenvalue weighted by atomic mass is 16.5. The zero-order chi connectivity index (χ0) is 18.8. The van der Waals surface area contributed by atoms with E-state index in [2.05, 4.69) is 4.98 Å². The molecule has 5 heteroatoms. The lowest BCUT2D eigenvalue weighted by molar-refractivity contribution is 0.0657. The van der Waals surface area contributed by atoms with Gasteiger partial charge in [0, 0.05) is 18.1 Å². The minimum Gasteiger partial charge on any atom is -0.494 e. The lowest BCUT2D eigenvalue weighted by Crippen LogP contribution is -2.30. The van der Waals surface area contributed by atoms with Crippen molar-refractivity contribution < 1.29 is 14.3 Å². The molecular formula is C22H18N2O3. The molecule has 3 aromatic rings. The maximum absolute atomic E-state index is 12.4. The van der Waals surface area contributed by atoms with Crippen molar-refractivity contribution in [1.29, 1.82) is 0 Å². The van der Waals surface area contributed by atoms with Crippen LogP contribution >= 0.6 is 0 Å². The van der Waals surface area contributed by atoms with Gasteiger partial charge in [-0.2, -0.15) is 0 Å². The molecule has 0 unspecified atom stereocenters. The quantitative estimate of drug-likeness (QED) is 0.648. The molecule has 2 aromatic carbocycles. The Morgan fingerprint density at radius 3 is 2.44 bits per heavy atom. The highest BCUT2D eigenvalue weighted by Gasteiger charge is 2.34. The Morgan fingerprint density at radius 1 is 1.00 bits per heavy atom. The summed E-state index contributed by atoms with van der Waals surface area (Å²) in [5.74, 6) is 0.292. The first-order valence-corrected chi connectivity index (χ1v) is 8.74. The molecule has 0 radical (unpaired) electrons. The summed E-state index contributed by atoms with van der Waals surface area (Å²) in [4.78, 5) is 30.4. The van der Waals surface area contributed by atoms with E-state index < -0.39 is 0 Å². The first-order valence-electron chi connectivity index (χ1n) is 8.74. The van der Waals surface area contributed by atoms with Gasteiger partial charge < -0.3 is 4.74 Å². The number of hydrogen-bond acceptors (Lipinski definition) is 4. The number of imide groups is 1. The summed E-state index contributed by atoms with van der Waals surface area (Å²) in [5, 5.41) is 0.994. The Bertz CT molecular complexity index is 1040.